The second-order valence-electron chi connectivity index (χ2n) is 4.99. The van der Waals surface area contributed by atoms with Crippen molar-refractivity contribution < 1.29 is 0 Å². The van der Waals surface area contributed by atoms with E-state index in [9.17, 15) is 0 Å². The van der Waals surface area contributed by atoms with Crippen LogP contribution in [0.3, 0.4) is 0 Å². The van der Waals surface area contributed by atoms with Gasteiger partial charge in [-0.2, -0.15) is 10.2 Å². The molecule has 20 heavy (non-hydrogen) atoms. The lowest BCUT2D eigenvalue weighted by Gasteiger charge is -2.15. The van der Waals surface area contributed by atoms with Crippen LogP contribution in [0.4, 0.5) is 0 Å². The van der Waals surface area contributed by atoms with E-state index in [1.165, 1.54) is 11.3 Å². The second-order valence-corrected chi connectivity index (χ2v) is 4.99. The third-order valence-corrected chi connectivity index (χ3v) is 3.55. The number of aryl methyl sites for hydroxylation is 3. The molecule has 2 heterocycles. The van der Waals surface area contributed by atoms with Crippen molar-refractivity contribution in [2.45, 2.75) is 52.7 Å². The van der Waals surface area contributed by atoms with Crippen molar-refractivity contribution in [3.63, 3.8) is 0 Å². The van der Waals surface area contributed by atoms with E-state index in [0.29, 0.717) is 0 Å². The lowest BCUT2D eigenvalue weighted by atomic mass is 10.1. The summed E-state index contributed by atoms with van der Waals surface area (Å²) in [5, 5.41) is 12.5. The average Bonchev–Trinajstić information content (AvgIpc) is 3.07. The Balaban J connectivity index is 2.32. The standard InChI is InChI=1S/C15H25N5/c1-5-8-19-11-12(10-17-19)15(16-4)14-9-13(6-2)18-20(14)7-3/h9-11,15-16H,5-8H2,1-4H3. The molecule has 5 nitrogen and oxygen atoms in total. The topological polar surface area (TPSA) is 47.7 Å². The van der Waals surface area contributed by atoms with Gasteiger partial charge in [0.25, 0.3) is 0 Å². The number of nitrogens with one attached hydrogen (secondary N) is 1. The molecule has 0 aliphatic carbocycles. The second kappa shape index (κ2) is 6.70. The van der Waals surface area contributed by atoms with Crippen molar-refractivity contribution in [2.75, 3.05) is 7.05 Å². The Morgan fingerprint density at radius 3 is 2.70 bits per heavy atom. The Labute approximate surface area is 121 Å². The van der Waals surface area contributed by atoms with Gasteiger partial charge in [-0.3, -0.25) is 9.36 Å². The molecule has 0 amide bonds. The lowest BCUT2D eigenvalue weighted by Crippen LogP contribution is -2.21. The van der Waals surface area contributed by atoms with Crippen molar-refractivity contribution >= 4 is 0 Å². The number of hydrogen-bond acceptors (Lipinski definition) is 3. The Hall–Kier alpha value is -1.62. The van der Waals surface area contributed by atoms with Crippen molar-refractivity contribution in [1.29, 1.82) is 0 Å². The van der Waals surface area contributed by atoms with Crippen LogP contribution in [0.2, 0.25) is 0 Å². The van der Waals surface area contributed by atoms with Gasteiger partial charge in [-0.05, 0) is 32.9 Å². The van der Waals surface area contributed by atoms with Crippen LogP contribution in [0.5, 0.6) is 0 Å². The fourth-order valence-electron chi connectivity index (χ4n) is 2.51. The number of hydrogen-bond donors (Lipinski definition) is 1. The molecule has 0 aromatic carbocycles. The molecule has 1 N–H and O–H groups in total. The summed E-state index contributed by atoms with van der Waals surface area (Å²) in [5.74, 6) is 0. The lowest BCUT2D eigenvalue weighted by molar-refractivity contribution is 0.558. The van der Waals surface area contributed by atoms with Gasteiger partial charge in [0.2, 0.25) is 0 Å². The van der Waals surface area contributed by atoms with Gasteiger partial charge in [-0.1, -0.05) is 13.8 Å². The van der Waals surface area contributed by atoms with E-state index in [4.69, 9.17) is 0 Å². The molecule has 5 heteroatoms. The zero-order valence-electron chi connectivity index (χ0n) is 12.9. The highest BCUT2D eigenvalue weighted by molar-refractivity contribution is 5.26. The summed E-state index contributed by atoms with van der Waals surface area (Å²) in [6.07, 6.45) is 6.14. The third-order valence-electron chi connectivity index (χ3n) is 3.55. The molecule has 0 spiro atoms. The summed E-state index contributed by atoms with van der Waals surface area (Å²) < 4.78 is 4.09. The van der Waals surface area contributed by atoms with Crippen LogP contribution in [0.1, 0.15) is 50.2 Å². The van der Waals surface area contributed by atoms with E-state index < -0.39 is 0 Å². The molecule has 0 radical (unpaired) electrons. The molecule has 2 aromatic rings. The maximum absolute atomic E-state index is 4.63. The van der Waals surface area contributed by atoms with E-state index in [1.54, 1.807) is 0 Å². The monoisotopic (exact) mass is 275 g/mol. The van der Waals surface area contributed by atoms with Gasteiger partial charge in [0, 0.05) is 24.8 Å². The minimum atomic E-state index is 0.147. The Kier molecular flexibility index (Phi) is 4.95. The normalized spacial score (nSPS) is 12.8. The quantitative estimate of drug-likeness (QED) is 0.844. The van der Waals surface area contributed by atoms with E-state index in [1.807, 2.05) is 17.9 Å². The van der Waals surface area contributed by atoms with Crippen LogP contribution in [0.25, 0.3) is 0 Å². The summed E-state index contributed by atoms with van der Waals surface area (Å²) in [6.45, 7) is 8.28. The molecule has 1 unspecified atom stereocenters. The first-order valence-corrected chi connectivity index (χ1v) is 7.49. The highest BCUT2D eigenvalue weighted by Gasteiger charge is 2.19. The predicted molar refractivity (Wildman–Crippen MR) is 80.7 cm³/mol. The maximum Gasteiger partial charge on any atom is 0.0776 e. The first-order chi connectivity index (χ1) is 9.73. The van der Waals surface area contributed by atoms with Crippen molar-refractivity contribution in [3.05, 3.63) is 35.4 Å². The number of aromatic nitrogens is 4. The molecule has 2 aromatic heterocycles. The summed E-state index contributed by atoms with van der Waals surface area (Å²) in [6, 6.07) is 2.34. The molecule has 0 aliphatic rings. The smallest absolute Gasteiger partial charge is 0.0776 e. The van der Waals surface area contributed by atoms with Crippen LogP contribution >= 0.6 is 0 Å². The molecular weight excluding hydrogens is 250 g/mol. The van der Waals surface area contributed by atoms with Gasteiger partial charge in [0.15, 0.2) is 0 Å². The van der Waals surface area contributed by atoms with Crippen LogP contribution in [-0.2, 0) is 19.5 Å². The molecular formula is C15H25N5. The zero-order chi connectivity index (χ0) is 14.5. The molecule has 2 rings (SSSR count). The largest absolute Gasteiger partial charge is 0.308 e. The Morgan fingerprint density at radius 1 is 1.30 bits per heavy atom. The highest BCUT2D eigenvalue weighted by Crippen LogP contribution is 2.22. The minimum absolute atomic E-state index is 0.147. The van der Waals surface area contributed by atoms with Crippen LogP contribution < -0.4 is 5.32 Å². The van der Waals surface area contributed by atoms with Crippen molar-refractivity contribution in [1.82, 2.24) is 24.9 Å². The van der Waals surface area contributed by atoms with Crippen LogP contribution in [-0.4, -0.2) is 26.6 Å². The van der Waals surface area contributed by atoms with E-state index in [2.05, 4.69) is 53.2 Å². The molecule has 110 valence electrons. The predicted octanol–water partition coefficient (Wildman–Crippen LogP) is 2.38. The minimum Gasteiger partial charge on any atom is -0.308 e. The molecule has 0 bridgehead atoms. The molecule has 0 saturated carbocycles. The van der Waals surface area contributed by atoms with E-state index in [-0.39, 0.29) is 6.04 Å². The van der Waals surface area contributed by atoms with Gasteiger partial charge in [-0.15, -0.1) is 0 Å². The van der Waals surface area contributed by atoms with Crippen molar-refractivity contribution in [2.24, 2.45) is 0 Å². The van der Waals surface area contributed by atoms with E-state index >= 15 is 0 Å². The SMILES string of the molecule is CCCn1cc(C(NC)c2cc(CC)nn2CC)cn1. The zero-order valence-corrected chi connectivity index (χ0v) is 12.9. The fraction of sp³-hybridized carbons (Fsp3) is 0.600. The Morgan fingerprint density at radius 2 is 2.10 bits per heavy atom. The summed E-state index contributed by atoms with van der Waals surface area (Å²) in [7, 11) is 1.99. The number of rotatable bonds is 7. The van der Waals surface area contributed by atoms with Crippen LogP contribution in [0, 0.1) is 0 Å². The van der Waals surface area contributed by atoms with Gasteiger partial charge in [-0.25, -0.2) is 0 Å². The number of nitrogens with zero attached hydrogens (tertiary/aromatic N) is 4. The van der Waals surface area contributed by atoms with Gasteiger partial charge >= 0.3 is 0 Å². The highest BCUT2D eigenvalue weighted by atomic mass is 15.3. The summed E-state index contributed by atoms with van der Waals surface area (Å²) in [4.78, 5) is 0. The first kappa shape index (κ1) is 14.8. The Bertz CT molecular complexity index is 540. The average molecular weight is 275 g/mol. The van der Waals surface area contributed by atoms with Crippen molar-refractivity contribution in [3.8, 4) is 0 Å². The van der Waals surface area contributed by atoms with E-state index in [0.717, 1.165) is 31.6 Å². The molecule has 0 saturated heterocycles. The first-order valence-electron chi connectivity index (χ1n) is 7.49. The molecule has 0 fully saturated rings. The molecule has 1 atom stereocenters. The third kappa shape index (κ3) is 2.93. The van der Waals surface area contributed by atoms with Crippen LogP contribution in [0.15, 0.2) is 18.5 Å². The van der Waals surface area contributed by atoms with Gasteiger partial charge < -0.3 is 5.32 Å². The maximum atomic E-state index is 4.63. The summed E-state index contributed by atoms with van der Waals surface area (Å²) >= 11 is 0. The summed E-state index contributed by atoms with van der Waals surface area (Å²) in [5.41, 5.74) is 3.55. The van der Waals surface area contributed by atoms with Gasteiger partial charge in [0.05, 0.1) is 23.6 Å². The molecule has 0 aliphatic heterocycles. The fourth-order valence-corrected chi connectivity index (χ4v) is 2.51. The van der Waals surface area contributed by atoms with Gasteiger partial charge in [0.1, 0.15) is 0 Å².